The minimum absolute atomic E-state index is 0.127. The van der Waals surface area contributed by atoms with Gasteiger partial charge in [-0.1, -0.05) is 6.07 Å². The molecule has 1 aromatic heterocycles. The summed E-state index contributed by atoms with van der Waals surface area (Å²) < 4.78 is 10.6. The maximum absolute atomic E-state index is 11.8. The van der Waals surface area contributed by atoms with Gasteiger partial charge in [-0.3, -0.25) is 4.79 Å². The van der Waals surface area contributed by atoms with Crippen molar-refractivity contribution in [2.24, 2.45) is 0 Å². The SMILES string of the molecule is COc1ccc2c(c1OC)Nc1nc[nH]c(=O)c1C2. The lowest BCUT2D eigenvalue weighted by Crippen LogP contribution is -2.20. The van der Waals surface area contributed by atoms with E-state index in [0.29, 0.717) is 29.3 Å². The first kappa shape index (κ1) is 11.6. The number of benzene rings is 1. The second-order valence-electron chi connectivity index (χ2n) is 4.20. The number of nitrogens with zero attached hydrogens (tertiary/aromatic N) is 1. The Morgan fingerprint density at radius 3 is 2.84 bits per heavy atom. The minimum Gasteiger partial charge on any atom is -0.493 e. The lowest BCUT2D eigenvalue weighted by atomic mass is 10.00. The fourth-order valence-corrected chi connectivity index (χ4v) is 2.26. The number of hydrogen-bond donors (Lipinski definition) is 2. The lowest BCUT2D eigenvalue weighted by Gasteiger charge is -2.22. The number of rotatable bonds is 2. The van der Waals surface area contributed by atoms with Gasteiger partial charge in [0.25, 0.3) is 5.56 Å². The Bertz CT molecular complexity index is 694. The van der Waals surface area contributed by atoms with Crippen molar-refractivity contribution in [2.75, 3.05) is 19.5 Å². The van der Waals surface area contributed by atoms with Gasteiger partial charge in [-0.15, -0.1) is 0 Å². The van der Waals surface area contributed by atoms with Crippen LogP contribution in [0.1, 0.15) is 11.1 Å². The average Bonchev–Trinajstić information content (AvgIpc) is 2.44. The van der Waals surface area contributed by atoms with Gasteiger partial charge in [0.05, 0.1) is 31.8 Å². The Kier molecular flexibility index (Phi) is 2.63. The van der Waals surface area contributed by atoms with Crippen LogP contribution in [0.4, 0.5) is 11.5 Å². The Hall–Kier alpha value is -2.50. The molecule has 1 aromatic carbocycles. The van der Waals surface area contributed by atoms with Gasteiger partial charge >= 0.3 is 0 Å². The van der Waals surface area contributed by atoms with Crippen LogP contribution in [0.3, 0.4) is 0 Å². The molecule has 0 radical (unpaired) electrons. The van der Waals surface area contributed by atoms with Gasteiger partial charge in [0.1, 0.15) is 5.82 Å². The predicted octanol–water partition coefficient (Wildman–Crippen LogP) is 1.43. The molecule has 0 atom stereocenters. The van der Waals surface area contributed by atoms with Crippen molar-refractivity contribution in [2.45, 2.75) is 6.42 Å². The summed E-state index contributed by atoms with van der Waals surface area (Å²) in [7, 11) is 3.17. The molecule has 2 heterocycles. The van der Waals surface area contributed by atoms with Crippen LogP contribution in [0.5, 0.6) is 11.5 Å². The van der Waals surface area contributed by atoms with Crippen LogP contribution in [0.25, 0.3) is 0 Å². The molecule has 1 aliphatic heterocycles. The molecular weight excluding hydrogens is 246 g/mol. The van der Waals surface area contributed by atoms with Crippen LogP contribution in [0, 0.1) is 0 Å². The minimum atomic E-state index is -0.127. The molecule has 1 aliphatic rings. The molecule has 0 unspecified atom stereocenters. The fourth-order valence-electron chi connectivity index (χ4n) is 2.26. The lowest BCUT2D eigenvalue weighted by molar-refractivity contribution is 0.356. The highest BCUT2D eigenvalue weighted by Gasteiger charge is 2.23. The average molecular weight is 259 g/mol. The second-order valence-corrected chi connectivity index (χ2v) is 4.20. The summed E-state index contributed by atoms with van der Waals surface area (Å²) in [5.74, 6) is 1.82. The van der Waals surface area contributed by atoms with Gasteiger partial charge in [0.15, 0.2) is 11.5 Å². The highest BCUT2D eigenvalue weighted by molar-refractivity contribution is 5.77. The number of H-pyrrole nitrogens is 1. The van der Waals surface area contributed by atoms with Crippen molar-refractivity contribution in [3.05, 3.63) is 39.9 Å². The highest BCUT2D eigenvalue weighted by Crippen LogP contribution is 2.42. The van der Waals surface area contributed by atoms with Crippen LogP contribution in [0.2, 0.25) is 0 Å². The zero-order valence-corrected chi connectivity index (χ0v) is 10.6. The Balaban J connectivity index is 2.17. The van der Waals surface area contributed by atoms with E-state index in [4.69, 9.17) is 9.47 Å². The van der Waals surface area contributed by atoms with Gasteiger partial charge < -0.3 is 19.8 Å². The molecule has 0 fully saturated rings. The smallest absolute Gasteiger partial charge is 0.256 e. The topological polar surface area (TPSA) is 76.2 Å². The molecule has 0 amide bonds. The molecule has 3 rings (SSSR count). The van der Waals surface area contributed by atoms with Crippen molar-refractivity contribution in [3.63, 3.8) is 0 Å². The quantitative estimate of drug-likeness (QED) is 0.728. The molecule has 2 aromatic rings. The zero-order chi connectivity index (χ0) is 13.4. The standard InChI is InChI=1S/C13H13N3O3/c1-18-9-4-3-7-5-8-12(14-6-15-13(8)17)16-10(7)11(9)19-2/h3-4,6H,5H2,1-2H3,(H2,14,15,16,17). The maximum Gasteiger partial charge on any atom is 0.256 e. The van der Waals surface area contributed by atoms with Crippen molar-refractivity contribution in [1.82, 2.24) is 9.97 Å². The van der Waals surface area contributed by atoms with Gasteiger partial charge in [-0.2, -0.15) is 0 Å². The molecule has 2 N–H and O–H groups in total. The number of ether oxygens (including phenoxy) is 2. The number of aromatic amines is 1. The van der Waals surface area contributed by atoms with Gasteiger partial charge in [-0.25, -0.2) is 4.98 Å². The van der Waals surface area contributed by atoms with E-state index >= 15 is 0 Å². The third kappa shape index (κ3) is 1.72. The summed E-state index contributed by atoms with van der Waals surface area (Å²) in [4.78, 5) is 18.5. The molecule has 0 saturated heterocycles. The summed E-state index contributed by atoms with van der Waals surface area (Å²) in [6.45, 7) is 0. The van der Waals surface area contributed by atoms with E-state index in [0.717, 1.165) is 11.3 Å². The molecule has 6 heteroatoms. The molecule has 6 nitrogen and oxygen atoms in total. The van der Waals surface area contributed by atoms with E-state index in [9.17, 15) is 4.79 Å². The maximum atomic E-state index is 11.8. The summed E-state index contributed by atoms with van der Waals surface area (Å²) in [6.07, 6.45) is 1.90. The first-order valence-corrected chi connectivity index (χ1v) is 5.82. The molecule has 0 saturated carbocycles. The van der Waals surface area contributed by atoms with Crippen LogP contribution in [-0.4, -0.2) is 24.2 Å². The van der Waals surface area contributed by atoms with Crippen molar-refractivity contribution < 1.29 is 9.47 Å². The number of fused-ring (bicyclic) bond motifs is 2. The molecule has 19 heavy (non-hydrogen) atoms. The summed E-state index contributed by atoms with van der Waals surface area (Å²) >= 11 is 0. The predicted molar refractivity (Wildman–Crippen MR) is 70.5 cm³/mol. The van der Waals surface area contributed by atoms with E-state index in [1.807, 2.05) is 12.1 Å². The van der Waals surface area contributed by atoms with Gasteiger partial charge in [0.2, 0.25) is 0 Å². The second kappa shape index (κ2) is 4.31. The number of methoxy groups -OCH3 is 2. The molecule has 98 valence electrons. The normalized spacial score (nSPS) is 12.1. The Morgan fingerprint density at radius 1 is 1.26 bits per heavy atom. The van der Waals surface area contributed by atoms with Crippen LogP contribution in [-0.2, 0) is 6.42 Å². The van der Waals surface area contributed by atoms with E-state index in [1.54, 1.807) is 14.2 Å². The highest BCUT2D eigenvalue weighted by atomic mass is 16.5. The van der Waals surface area contributed by atoms with Crippen molar-refractivity contribution in [3.8, 4) is 11.5 Å². The van der Waals surface area contributed by atoms with Crippen LogP contribution in [0.15, 0.2) is 23.3 Å². The van der Waals surface area contributed by atoms with E-state index in [1.165, 1.54) is 6.33 Å². The van der Waals surface area contributed by atoms with E-state index in [2.05, 4.69) is 15.3 Å². The monoisotopic (exact) mass is 259 g/mol. The van der Waals surface area contributed by atoms with Crippen molar-refractivity contribution in [1.29, 1.82) is 0 Å². The third-order valence-corrected chi connectivity index (χ3v) is 3.19. The third-order valence-electron chi connectivity index (χ3n) is 3.19. The molecular formula is C13H13N3O3. The van der Waals surface area contributed by atoms with Crippen molar-refractivity contribution >= 4 is 11.5 Å². The summed E-state index contributed by atoms with van der Waals surface area (Å²) in [6, 6.07) is 3.74. The summed E-state index contributed by atoms with van der Waals surface area (Å²) in [5.41, 5.74) is 2.27. The number of nitrogens with one attached hydrogen (secondary N) is 2. The first-order valence-electron chi connectivity index (χ1n) is 5.82. The number of aromatic nitrogens is 2. The van der Waals surface area contributed by atoms with Gasteiger partial charge in [0, 0.05) is 6.42 Å². The first-order chi connectivity index (χ1) is 9.24. The fraction of sp³-hybridized carbons (Fsp3) is 0.231. The Morgan fingerprint density at radius 2 is 2.11 bits per heavy atom. The Labute approximate surface area is 109 Å². The van der Waals surface area contributed by atoms with Crippen LogP contribution >= 0.6 is 0 Å². The molecule has 0 spiro atoms. The van der Waals surface area contributed by atoms with Gasteiger partial charge in [-0.05, 0) is 11.6 Å². The van der Waals surface area contributed by atoms with E-state index < -0.39 is 0 Å². The largest absolute Gasteiger partial charge is 0.493 e. The number of anilines is 2. The number of hydrogen-bond acceptors (Lipinski definition) is 5. The van der Waals surface area contributed by atoms with Crippen LogP contribution < -0.4 is 20.3 Å². The zero-order valence-electron chi connectivity index (χ0n) is 10.6. The molecule has 0 bridgehead atoms. The van der Waals surface area contributed by atoms with E-state index in [-0.39, 0.29) is 5.56 Å². The summed E-state index contributed by atoms with van der Waals surface area (Å²) in [5, 5.41) is 3.14. The molecule has 0 aliphatic carbocycles.